The molecule has 3 aromatic carbocycles. The highest BCUT2D eigenvalue weighted by molar-refractivity contribution is 6.01. The number of nitrogens with zero attached hydrogens (tertiary/aromatic N) is 5. The number of pyridine rings is 1. The van der Waals surface area contributed by atoms with Crippen molar-refractivity contribution in [1.82, 2.24) is 23.6 Å². The van der Waals surface area contributed by atoms with E-state index in [1.807, 2.05) is 36.2 Å². The van der Waals surface area contributed by atoms with Gasteiger partial charge in [-0.05, 0) is 110 Å². The minimum absolute atomic E-state index is 0.00496. The van der Waals surface area contributed by atoms with Gasteiger partial charge in [0.25, 0.3) is 11.5 Å². The summed E-state index contributed by atoms with van der Waals surface area (Å²) in [6.45, 7) is 5.24. The SMILES string of the molecule is COc1cc(C(=O)N2CC3CCC2[C@@H]3N)cc2nc(-c3cc4ccc(-c5ccc6c(ccc(=O)n6CC(C)(C)O)c5)cc4n3CC3CC3)n(C)c12. The van der Waals surface area contributed by atoms with E-state index >= 15 is 0 Å². The number of carbonyl (C=O) groups is 1. The van der Waals surface area contributed by atoms with Crippen LogP contribution in [0.4, 0.5) is 0 Å². The van der Waals surface area contributed by atoms with Crippen LogP contribution < -0.4 is 16.0 Å². The van der Waals surface area contributed by atoms with Crippen LogP contribution in [0, 0.1) is 11.8 Å². The van der Waals surface area contributed by atoms with E-state index in [-0.39, 0.29) is 30.1 Å². The molecule has 1 aliphatic heterocycles. The van der Waals surface area contributed by atoms with Crippen molar-refractivity contribution in [2.24, 2.45) is 24.6 Å². The largest absolute Gasteiger partial charge is 0.494 e. The standard InChI is InChI=1S/C41H44N6O4/c1-41(2,50)22-47-31-12-9-24(15-26(31)11-14-36(47)48)25-7-8-27-18-34(45(33(27)17-25)20-23-5-6-23)39-43-30-16-29(19-35(51-4)38(30)44(39)3)40(49)46-21-28-10-13-32(46)37(28)42/h7-9,11-12,14-19,23,28,32,37,50H,5-6,10,13,20-22,42H2,1-4H3/t28?,32?,37-/m1/s1. The van der Waals surface area contributed by atoms with Gasteiger partial charge in [-0.15, -0.1) is 0 Å². The zero-order chi connectivity index (χ0) is 35.3. The number of hydrogen-bond donors (Lipinski definition) is 2. The van der Waals surface area contributed by atoms with E-state index in [2.05, 4.69) is 45.5 Å². The van der Waals surface area contributed by atoms with Gasteiger partial charge in [-0.1, -0.05) is 18.2 Å². The molecule has 3 atom stereocenters. The lowest BCUT2D eigenvalue weighted by Crippen LogP contribution is -2.41. The molecule has 3 aromatic heterocycles. The maximum Gasteiger partial charge on any atom is 0.254 e. The normalized spacial score (nSPS) is 20.4. The number of benzene rings is 3. The van der Waals surface area contributed by atoms with Gasteiger partial charge in [-0.25, -0.2) is 4.98 Å². The summed E-state index contributed by atoms with van der Waals surface area (Å²) >= 11 is 0. The minimum Gasteiger partial charge on any atom is -0.494 e. The molecule has 0 radical (unpaired) electrons. The Morgan fingerprint density at radius 3 is 2.39 bits per heavy atom. The van der Waals surface area contributed by atoms with E-state index in [0.717, 1.165) is 74.9 Å². The molecule has 2 saturated carbocycles. The van der Waals surface area contributed by atoms with Gasteiger partial charge in [0, 0.05) is 54.8 Å². The molecule has 1 saturated heterocycles. The summed E-state index contributed by atoms with van der Waals surface area (Å²) in [5, 5.41) is 12.5. The number of aliphatic hydroxyl groups is 1. The molecule has 3 aliphatic rings. The van der Waals surface area contributed by atoms with E-state index in [1.165, 1.54) is 12.8 Å². The third kappa shape index (κ3) is 5.34. The van der Waals surface area contributed by atoms with E-state index in [4.69, 9.17) is 15.5 Å². The zero-order valence-corrected chi connectivity index (χ0v) is 29.6. The fraction of sp³-hybridized carbons (Fsp3) is 0.390. The van der Waals surface area contributed by atoms with E-state index in [0.29, 0.717) is 29.7 Å². The number of aryl methyl sites for hydroxylation is 1. The highest BCUT2D eigenvalue weighted by Crippen LogP contribution is 2.41. The van der Waals surface area contributed by atoms with Crippen LogP contribution in [0.2, 0.25) is 0 Å². The Hall–Kier alpha value is -4.93. The van der Waals surface area contributed by atoms with E-state index in [1.54, 1.807) is 31.6 Å². The van der Waals surface area contributed by atoms with Crippen molar-refractivity contribution in [2.75, 3.05) is 13.7 Å². The smallest absolute Gasteiger partial charge is 0.254 e. The van der Waals surface area contributed by atoms with Gasteiger partial charge >= 0.3 is 0 Å². The third-order valence-corrected chi connectivity index (χ3v) is 11.5. The number of carbonyl (C=O) groups excluding carboxylic acids is 1. The van der Waals surface area contributed by atoms with Gasteiger partial charge in [0.1, 0.15) is 11.3 Å². The Kier molecular flexibility index (Phi) is 7.25. The van der Waals surface area contributed by atoms with Crippen LogP contribution in [-0.2, 0) is 20.1 Å². The second-order valence-electron chi connectivity index (χ2n) is 15.7. The van der Waals surface area contributed by atoms with E-state index < -0.39 is 5.60 Å². The Bertz CT molecular complexity index is 2440. The van der Waals surface area contributed by atoms with Gasteiger partial charge < -0.3 is 34.2 Å². The van der Waals surface area contributed by atoms with Crippen molar-refractivity contribution in [3.05, 3.63) is 82.6 Å². The van der Waals surface area contributed by atoms with Crippen molar-refractivity contribution in [1.29, 1.82) is 0 Å². The van der Waals surface area contributed by atoms with Crippen molar-refractivity contribution < 1.29 is 14.6 Å². The van der Waals surface area contributed by atoms with E-state index in [9.17, 15) is 14.7 Å². The van der Waals surface area contributed by atoms with Crippen molar-refractivity contribution in [3.8, 4) is 28.4 Å². The number of aromatic nitrogens is 4. The van der Waals surface area contributed by atoms with Gasteiger partial charge in [0.05, 0.1) is 36.0 Å². The van der Waals surface area contributed by atoms with Crippen molar-refractivity contribution >= 4 is 38.7 Å². The minimum atomic E-state index is -1.02. The fourth-order valence-corrected chi connectivity index (χ4v) is 8.67. The number of imidazole rings is 1. The molecule has 2 aliphatic carbocycles. The molecular formula is C41H44N6O4. The fourth-order valence-electron chi connectivity index (χ4n) is 8.67. The number of methoxy groups -OCH3 is 1. The van der Waals surface area contributed by atoms with Crippen LogP contribution in [0.5, 0.6) is 5.75 Å². The molecule has 0 spiro atoms. The van der Waals surface area contributed by atoms with Gasteiger partial charge in [0.2, 0.25) is 0 Å². The maximum absolute atomic E-state index is 13.8. The number of fused-ring (bicyclic) bond motifs is 5. The number of hydrogen-bond acceptors (Lipinski definition) is 6. The van der Waals surface area contributed by atoms with Crippen molar-refractivity contribution in [3.63, 3.8) is 0 Å². The Morgan fingerprint density at radius 1 is 0.941 bits per heavy atom. The first-order chi connectivity index (χ1) is 24.5. The number of piperidine rings is 1. The lowest BCUT2D eigenvalue weighted by molar-refractivity contribution is 0.0617. The lowest BCUT2D eigenvalue weighted by Gasteiger charge is -2.27. The maximum atomic E-state index is 13.8. The first kappa shape index (κ1) is 32.0. The van der Waals surface area contributed by atoms with Crippen LogP contribution in [-0.4, -0.2) is 65.9 Å². The van der Waals surface area contributed by atoms with Gasteiger partial charge in [0.15, 0.2) is 5.82 Å². The quantitative estimate of drug-likeness (QED) is 0.205. The highest BCUT2D eigenvalue weighted by atomic mass is 16.5. The Balaban J connectivity index is 1.13. The topological polar surface area (TPSA) is 121 Å². The molecule has 2 unspecified atom stereocenters. The number of ether oxygens (including phenoxy) is 1. The molecule has 3 N–H and O–H groups in total. The molecule has 3 fully saturated rings. The summed E-state index contributed by atoms with van der Waals surface area (Å²) in [5.41, 5.74) is 12.6. The molecule has 2 bridgehead atoms. The van der Waals surface area contributed by atoms with Crippen LogP contribution in [0.3, 0.4) is 0 Å². The summed E-state index contributed by atoms with van der Waals surface area (Å²) in [5.74, 6) is 2.44. The van der Waals surface area contributed by atoms with Crippen molar-refractivity contribution in [2.45, 2.75) is 70.3 Å². The molecule has 10 heteroatoms. The monoisotopic (exact) mass is 684 g/mol. The number of amides is 1. The Labute approximate surface area is 296 Å². The molecule has 6 aromatic rings. The van der Waals surface area contributed by atoms with Gasteiger partial charge in [-0.2, -0.15) is 0 Å². The average molecular weight is 685 g/mol. The van der Waals surface area contributed by atoms with Crippen LogP contribution in [0.1, 0.15) is 49.9 Å². The number of likely N-dealkylation sites (tertiary alicyclic amines) is 1. The molecular weight excluding hydrogens is 640 g/mol. The second-order valence-corrected chi connectivity index (χ2v) is 15.7. The Morgan fingerprint density at radius 2 is 1.69 bits per heavy atom. The van der Waals surface area contributed by atoms with Crippen LogP contribution in [0.15, 0.2) is 71.5 Å². The summed E-state index contributed by atoms with van der Waals surface area (Å²) in [6.07, 6.45) is 4.47. The average Bonchev–Trinajstić information content (AvgIpc) is 3.51. The summed E-state index contributed by atoms with van der Waals surface area (Å²) in [6, 6.07) is 22.3. The predicted octanol–water partition coefficient (Wildman–Crippen LogP) is 5.93. The zero-order valence-electron chi connectivity index (χ0n) is 29.6. The molecule has 10 nitrogen and oxygen atoms in total. The highest BCUT2D eigenvalue weighted by Gasteiger charge is 2.47. The van der Waals surface area contributed by atoms with Gasteiger partial charge in [-0.3, -0.25) is 9.59 Å². The number of rotatable bonds is 8. The second kappa shape index (κ2) is 11.5. The lowest BCUT2D eigenvalue weighted by atomic mass is 10.0. The number of nitrogens with two attached hydrogens (primary N) is 1. The molecule has 9 rings (SSSR count). The third-order valence-electron chi connectivity index (χ3n) is 11.5. The first-order valence-corrected chi connectivity index (χ1v) is 18.1. The summed E-state index contributed by atoms with van der Waals surface area (Å²) in [7, 11) is 3.67. The molecule has 262 valence electrons. The summed E-state index contributed by atoms with van der Waals surface area (Å²) in [4.78, 5) is 33.7. The predicted molar refractivity (Wildman–Crippen MR) is 200 cm³/mol. The van der Waals surface area contributed by atoms with Crippen LogP contribution in [0.25, 0.3) is 55.5 Å². The summed E-state index contributed by atoms with van der Waals surface area (Å²) < 4.78 is 12.0. The molecule has 1 amide bonds. The molecule has 4 heterocycles. The first-order valence-electron chi connectivity index (χ1n) is 18.1. The van der Waals surface area contributed by atoms with Crippen LogP contribution >= 0.6 is 0 Å². The molecule has 51 heavy (non-hydrogen) atoms.